The molecule has 0 radical (unpaired) electrons. The summed E-state index contributed by atoms with van der Waals surface area (Å²) in [5.74, 6) is -1.59. The van der Waals surface area contributed by atoms with E-state index in [-0.39, 0.29) is 24.0 Å². The molecule has 0 saturated carbocycles. The second-order valence-electron chi connectivity index (χ2n) is 8.37. The van der Waals surface area contributed by atoms with Crippen molar-refractivity contribution < 1.29 is 37.0 Å². The molecule has 1 saturated heterocycles. The van der Waals surface area contributed by atoms with E-state index < -0.39 is 40.8 Å². The van der Waals surface area contributed by atoms with E-state index in [1.54, 1.807) is 31.2 Å². The number of hydrogen-bond donors (Lipinski definition) is 1. The van der Waals surface area contributed by atoms with Crippen molar-refractivity contribution in [3.63, 3.8) is 0 Å². The molecule has 1 heterocycles. The average molecular weight is 740 g/mol. The van der Waals surface area contributed by atoms with Gasteiger partial charge in [0.15, 0.2) is 11.5 Å². The number of halogens is 7. The largest absolute Gasteiger partial charge is 0.490 e. The Morgan fingerprint density at radius 3 is 2.29 bits per heavy atom. The number of nitrogens with one attached hydrogen (secondary N) is 1. The van der Waals surface area contributed by atoms with Crippen LogP contribution in [0.1, 0.15) is 23.6 Å². The van der Waals surface area contributed by atoms with Gasteiger partial charge in [-0.1, -0.05) is 40.9 Å². The number of nitrogens with zero attached hydrogens (tertiary/aromatic N) is 1. The first-order chi connectivity index (χ1) is 19.3. The van der Waals surface area contributed by atoms with Crippen LogP contribution >= 0.6 is 57.4 Å². The Morgan fingerprint density at radius 2 is 1.66 bits per heavy atom. The minimum absolute atomic E-state index is 0.0186. The van der Waals surface area contributed by atoms with E-state index in [1.807, 2.05) is 27.9 Å². The van der Waals surface area contributed by atoms with E-state index >= 15 is 0 Å². The van der Waals surface area contributed by atoms with Crippen LogP contribution in [0.3, 0.4) is 0 Å². The van der Waals surface area contributed by atoms with E-state index in [9.17, 15) is 27.6 Å². The maximum absolute atomic E-state index is 13.3. The monoisotopic (exact) mass is 738 g/mol. The molecule has 41 heavy (non-hydrogen) atoms. The molecule has 0 bridgehead atoms. The minimum atomic E-state index is -4.77. The van der Waals surface area contributed by atoms with Crippen molar-refractivity contribution in [3.05, 3.63) is 89.4 Å². The normalized spacial score (nSPS) is 14.9. The summed E-state index contributed by atoms with van der Waals surface area (Å²) >= 11 is 20.5. The number of rotatable bonds is 7. The maximum atomic E-state index is 13.3. The number of urea groups is 1. The molecule has 7 nitrogen and oxygen atoms in total. The summed E-state index contributed by atoms with van der Waals surface area (Å²) in [6, 6.07) is 9.05. The quantitative estimate of drug-likeness (QED) is 0.151. The van der Waals surface area contributed by atoms with Gasteiger partial charge < -0.3 is 9.47 Å². The van der Waals surface area contributed by atoms with Crippen LogP contribution in [0.15, 0.2) is 54.1 Å². The highest BCUT2D eigenvalue weighted by molar-refractivity contribution is 14.1. The summed E-state index contributed by atoms with van der Waals surface area (Å²) in [6.45, 7) is 2.01. The Labute approximate surface area is 260 Å². The molecule has 0 atom stereocenters. The average Bonchev–Trinajstić information content (AvgIpc) is 2.88. The highest BCUT2D eigenvalue weighted by atomic mass is 127. The lowest BCUT2D eigenvalue weighted by atomic mass is 10.1. The molecule has 0 unspecified atom stereocenters. The third-order valence-corrected chi connectivity index (χ3v) is 7.51. The zero-order valence-corrected chi connectivity index (χ0v) is 25.2. The molecule has 4 amide bonds. The van der Waals surface area contributed by atoms with Gasteiger partial charge in [-0.2, -0.15) is 13.2 Å². The fourth-order valence-corrected chi connectivity index (χ4v) is 5.28. The number of carbonyl (C=O) groups is 3. The summed E-state index contributed by atoms with van der Waals surface area (Å²) in [7, 11) is 0. The number of benzene rings is 3. The fourth-order valence-electron chi connectivity index (χ4n) is 3.79. The van der Waals surface area contributed by atoms with Gasteiger partial charge in [-0.05, 0) is 83.6 Å². The molecule has 0 aromatic heterocycles. The van der Waals surface area contributed by atoms with Crippen LogP contribution in [0.4, 0.5) is 23.7 Å². The summed E-state index contributed by atoms with van der Waals surface area (Å²) in [5.41, 5.74) is -1.32. The maximum Gasteiger partial charge on any atom is 0.416 e. The Bertz CT molecular complexity index is 1580. The highest BCUT2D eigenvalue weighted by Crippen LogP contribution is 2.39. The number of barbiturate groups is 1. The highest BCUT2D eigenvalue weighted by Gasteiger charge is 2.39. The number of hydrogen-bond acceptors (Lipinski definition) is 5. The standard InChI is InChI=1S/C27H17Cl3F3IN2O5/c1-2-40-22-10-13(9-20(34)23(22)41-12-16-17(28)4-3-5-18(16)29)8-15-24(37)35-26(39)36(25(15)38)21-11-14(27(31,32)33)6-7-19(21)30/h3-11H,2,12H2,1H3,(H,35,37,39)/b15-8+. The predicted molar refractivity (Wildman–Crippen MR) is 157 cm³/mol. The molecule has 1 aliphatic heterocycles. The second kappa shape index (κ2) is 12.5. The van der Waals surface area contributed by atoms with Crippen LogP contribution in [-0.2, 0) is 22.4 Å². The molecular weight excluding hydrogens is 723 g/mol. The van der Waals surface area contributed by atoms with Crippen molar-refractivity contribution in [1.29, 1.82) is 0 Å². The van der Waals surface area contributed by atoms with Crippen LogP contribution in [0, 0.1) is 3.57 Å². The van der Waals surface area contributed by atoms with Gasteiger partial charge in [0.05, 0.1) is 26.5 Å². The van der Waals surface area contributed by atoms with Crippen LogP contribution in [0.25, 0.3) is 6.08 Å². The number of amides is 4. The summed E-state index contributed by atoms with van der Waals surface area (Å²) in [4.78, 5) is 38.9. The number of anilines is 1. The van der Waals surface area contributed by atoms with Gasteiger partial charge in [0.25, 0.3) is 11.8 Å². The van der Waals surface area contributed by atoms with Gasteiger partial charge in [0.1, 0.15) is 12.2 Å². The molecule has 4 rings (SSSR count). The fraction of sp³-hybridized carbons (Fsp3) is 0.148. The lowest BCUT2D eigenvalue weighted by Crippen LogP contribution is -2.54. The second-order valence-corrected chi connectivity index (χ2v) is 10.8. The van der Waals surface area contributed by atoms with Crippen LogP contribution in [0.5, 0.6) is 11.5 Å². The van der Waals surface area contributed by atoms with E-state index in [0.717, 1.165) is 6.07 Å². The Balaban J connectivity index is 1.71. The molecule has 214 valence electrons. The lowest BCUT2D eigenvalue weighted by molar-refractivity contribution is -0.137. The van der Waals surface area contributed by atoms with E-state index in [0.29, 0.717) is 47.5 Å². The Morgan fingerprint density at radius 1 is 0.976 bits per heavy atom. The Kier molecular flexibility index (Phi) is 9.42. The van der Waals surface area contributed by atoms with Crippen molar-refractivity contribution in [3.8, 4) is 11.5 Å². The first-order valence-electron chi connectivity index (χ1n) is 11.6. The first-order valence-corrected chi connectivity index (χ1v) is 13.8. The first kappa shape index (κ1) is 30.9. The van der Waals surface area contributed by atoms with Gasteiger partial charge in [0, 0.05) is 15.6 Å². The van der Waals surface area contributed by atoms with Crippen LogP contribution in [0.2, 0.25) is 15.1 Å². The van der Waals surface area contributed by atoms with Gasteiger partial charge >= 0.3 is 12.2 Å². The number of alkyl halides is 3. The lowest BCUT2D eigenvalue weighted by Gasteiger charge is -2.27. The third-order valence-electron chi connectivity index (χ3n) is 5.68. The number of ether oxygens (including phenoxy) is 2. The Hall–Kier alpha value is -3.00. The van der Waals surface area contributed by atoms with E-state index in [2.05, 4.69) is 0 Å². The molecule has 0 spiro atoms. The summed E-state index contributed by atoms with van der Waals surface area (Å²) < 4.78 is 52.1. The molecular formula is C27H17Cl3F3IN2O5. The molecule has 3 aromatic rings. The minimum Gasteiger partial charge on any atom is -0.490 e. The summed E-state index contributed by atoms with van der Waals surface area (Å²) in [5, 5.41) is 2.48. The van der Waals surface area contributed by atoms with Gasteiger partial charge in [-0.25, -0.2) is 9.69 Å². The zero-order chi connectivity index (χ0) is 30.1. The number of carbonyl (C=O) groups excluding carboxylic acids is 3. The van der Waals surface area contributed by atoms with Gasteiger partial charge in [-0.3, -0.25) is 14.9 Å². The SMILES string of the molecule is CCOc1cc(/C=C2\C(=O)NC(=O)N(c3cc(C(F)(F)F)ccc3Cl)C2=O)cc(I)c1OCc1c(Cl)cccc1Cl. The van der Waals surface area contributed by atoms with Crippen molar-refractivity contribution in [2.24, 2.45) is 0 Å². The van der Waals surface area contributed by atoms with Crippen LogP contribution in [-0.4, -0.2) is 24.5 Å². The molecule has 3 aromatic carbocycles. The molecule has 14 heteroatoms. The van der Waals surface area contributed by atoms with E-state index in [1.165, 1.54) is 12.1 Å². The molecule has 0 aliphatic carbocycles. The van der Waals surface area contributed by atoms with Gasteiger partial charge in [0.2, 0.25) is 0 Å². The van der Waals surface area contributed by atoms with Gasteiger partial charge in [-0.15, -0.1) is 0 Å². The topological polar surface area (TPSA) is 84.9 Å². The molecule has 1 N–H and O–H groups in total. The molecule has 1 fully saturated rings. The third kappa shape index (κ3) is 6.74. The smallest absolute Gasteiger partial charge is 0.416 e. The van der Waals surface area contributed by atoms with Crippen LogP contribution < -0.4 is 19.7 Å². The number of imide groups is 2. The zero-order valence-electron chi connectivity index (χ0n) is 20.7. The van der Waals surface area contributed by atoms with Crippen molar-refractivity contribution in [2.75, 3.05) is 11.5 Å². The van der Waals surface area contributed by atoms with Crippen molar-refractivity contribution in [1.82, 2.24) is 5.32 Å². The molecule has 1 aliphatic rings. The van der Waals surface area contributed by atoms with Crippen molar-refractivity contribution in [2.45, 2.75) is 19.7 Å². The van der Waals surface area contributed by atoms with E-state index in [4.69, 9.17) is 44.3 Å². The summed E-state index contributed by atoms with van der Waals surface area (Å²) in [6.07, 6.45) is -3.59. The predicted octanol–water partition coefficient (Wildman–Crippen LogP) is 7.91. The van der Waals surface area contributed by atoms with Crippen molar-refractivity contribution >= 4 is 87.0 Å².